The fraction of sp³-hybridized carbons (Fsp3) is 0.636. The van der Waals surface area contributed by atoms with Crippen molar-refractivity contribution in [3.63, 3.8) is 0 Å². The first-order valence-corrected chi connectivity index (χ1v) is 5.63. The molecule has 5 heteroatoms. The molecule has 2 heterocycles. The third kappa shape index (κ3) is 2.24. The van der Waals surface area contributed by atoms with Crippen LogP contribution in [0, 0.1) is 13.8 Å². The van der Waals surface area contributed by atoms with Crippen molar-refractivity contribution in [3.8, 4) is 0 Å². The molecular formula is C11H17N3O2. The zero-order chi connectivity index (χ0) is 11.5. The summed E-state index contributed by atoms with van der Waals surface area (Å²) in [6, 6.07) is 0.218. The van der Waals surface area contributed by atoms with Gasteiger partial charge in [-0.1, -0.05) is 5.16 Å². The molecule has 5 nitrogen and oxygen atoms in total. The van der Waals surface area contributed by atoms with Gasteiger partial charge in [0.15, 0.2) is 0 Å². The maximum atomic E-state index is 12.0. The second kappa shape index (κ2) is 4.65. The minimum absolute atomic E-state index is 0.0787. The molecular weight excluding hydrogens is 206 g/mol. The predicted molar refractivity (Wildman–Crippen MR) is 59.3 cm³/mol. The summed E-state index contributed by atoms with van der Waals surface area (Å²) >= 11 is 0. The lowest BCUT2D eigenvalue weighted by molar-refractivity contribution is 0.0928. The van der Waals surface area contributed by atoms with Gasteiger partial charge in [-0.15, -0.1) is 0 Å². The van der Waals surface area contributed by atoms with Gasteiger partial charge >= 0.3 is 0 Å². The van der Waals surface area contributed by atoms with Crippen molar-refractivity contribution in [2.24, 2.45) is 0 Å². The van der Waals surface area contributed by atoms with Gasteiger partial charge in [0.25, 0.3) is 5.91 Å². The Bertz CT molecular complexity index is 361. The smallest absolute Gasteiger partial charge is 0.257 e. The molecule has 2 rings (SSSR count). The van der Waals surface area contributed by atoms with Gasteiger partial charge in [-0.3, -0.25) is 4.79 Å². The Labute approximate surface area is 94.6 Å². The lowest BCUT2D eigenvalue weighted by Crippen LogP contribution is -2.45. The highest BCUT2D eigenvalue weighted by Crippen LogP contribution is 2.12. The number of nitrogens with zero attached hydrogens (tertiary/aromatic N) is 1. The summed E-state index contributed by atoms with van der Waals surface area (Å²) in [5.74, 6) is 0.503. The van der Waals surface area contributed by atoms with E-state index in [-0.39, 0.29) is 11.9 Å². The van der Waals surface area contributed by atoms with Gasteiger partial charge in [-0.05, 0) is 33.2 Å². The van der Waals surface area contributed by atoms with Crippen molar-refractivity contribution < 1.29 is 9.32 Å². The third-order valence-electron chi connectivity index (χ3n) is 2.89. The van der Waals surface area contributed by atoms with E-state index < -0.39 is 0 Å². The molecule has 1 aromatic heterocycles. The Hall–Kier alpha value is -1.36. The molecule has 0 radical (unpaired) electrons. The Morgan fingerprint density at radius 2 is 2.38 bits per heavy atom. The van der Waals surface area contributed by atoms with Gasteiger partial charge in [0.2, 0.25) is 0 Å². The Kier molecular flexibility index (Phi) is 3.24. The van der Waals surface area contributed by atoms with E-state index in [2.05, 4.69) is 15.8 Å². The van der Waals surface area contributed by atoms with Crippen LogP contribution >= 0.6 is 0 Å². The van der Waals surface area contributed by atoms with Crippen LogP contribution in [0.15, 0.2) is 4.52 Å². The van der Waals surface area contributed by atoms with Gasteiger partial charge in [0.05, 0.1) is 5.69 Å². The lowest BCUT2D eigenvalue weighted by atomic mass is 10.1. The van der Waals surface area contributed by atoms with Gasteiger partial charge in [0.1, 0.15) is 11.3 Å². The first-order chi connectivity index (χ1) is 7.68. The van der Waals surface area contributed by atoms with E-state index in [1.807, 2.05) is 0 Å². The second-order valence-electron chi connectivity index (χ2n) is 4.22. The van der Waals surface area contributed by atoms with Crippen LogP contribution in [-0.4, -0.2) is 30.2 Å². The topological polar surface area (TPSA) is 67.2 Å². The van der Waals surface area contributed by atoms with Crippen LogP contribution in [0.2, 0.25) is 0 Å². The average Bonchev–Trinajstić information content (AvgIpc) is 2.60. The third-order valence-corrected chi connectivity index (χ3v) is 2.89. The van der Waals surface area contributed by atoms with Crippen LogP contribution in [0.25, 0.3) is 0 Å². The summed E-state index contributed by atoms with van der Waals surface area (Å²) in [4.78, 5) is 12.0. The van der Waals surface area contributed by atoms with E-state index in [1.54, 1.807) is 13.8 Å². The minimum atomic E-state index is -0.0787. The van der Waals surface area contributed by atoms with Crippen LogP contribution in [-0.2, 0) is 0 Å². The number of hydrogen-bond donors (Lipinski definition) is 2. The van der Waals surface area contributed by atoms with Crippen LogP contribution in [0.3, 0.4) is 0 Å². The van der Waals surface area contributed by atoms with E-state index in [4.69, 9.17) is 4.52 Å². The summed E-state index contributed by atoms with van der Waals surface area (Å²) in [7, 11) is 0. The standard InChI is InChI=1S/C11H17N3O2/c1-7-10(8(2)16-14-7)11(15)13-9-4-3-5-12-6-9/h9,12H,3-6H2,1-2H3,(H,13,15)/t9-/m0/s1. The fourth-order valence-electron chi connectivity index (χ4n) is 2.04. The molecule has 1 aliphatic heterocycles. The number of carbonyl (C=O) groups excluding carboxylic acids is 1. The summed E-state index contributed by atoms with van der Waals surface area (Å²) in [6.07, 6.45) is 2.13. The SMILES string of the molecule is Cc1noc(C)c1C(=O)N[C@H]1CCCNC1. The summed E-state index contributed by atoms with van der Waals surface area (Å²) in [5, 5.41) is 10.0. The number of carbonyl (C=O) groups is 1. The summed E-state index contributed by atoms with van der Waals surface area (Å²) in [5.41, 5.74) is 1.23. The molecule has 88 valence electrons. The molecule has 2 N–H and O–H groups in total. The average molecular weight is 223 g/mol. The highest BCUT2D eigenvalue weighted by Gasteiger charge is 2.21. The Morgan fingerprint density at radius 3 is 2.94 bits per heavy atom. The first-order valence-electron chi connectivity index (χ1n) is 5.63. The van der Waals surface area contributed by atoms with E-state index >= 15 is 0 Å². The molecule has 0 bridgehead atoms. The van der Waals surface area contributed by atoms with Gasteiger partial charge in [-0.25, -0.2) is 0 Å². The molecule has 0 unspecified atom stereocenters. The highest BCUT2D eigenvalue weighted by molar-refractivity contribution is 5.96. The second-order valence-corrected chi connectivity index (χ2v) is 4.22. The molecule has 1 atom stereocenters. The van der Waals surface area contributed by atoms with Crippen LogP contribution in [0.1, 0.15) is 34.7 Å². The molecule has 1 aliphatic rings. The van der Waals surface area contributed by atoms with E-state index in [9.17, 15) is 4.79 Å². The summed E-state index contributed by atoms with van der Waals surface area (Å²) < 4.78 is 4.98. The number of nitrogens with one attached hydrogen (secondary N) is 2. The Balaban J connectivity index is 2.02. The number of amides is 1. The quantitative estimate of drug-likeness (QED) is 0.777. The van der Waals surface area contributed by atoms with Crippen LogP contribution in [0.4, 0.5) is 0 Å². The maximum Gasteiger partial charge on any atom is 0.257 e. The number of hydrogen-bond acceptors (Lipinski definition) is 4. The van der Waals surface area contributed by atoms with Gasteiger partial charge in [-0.2, -0.15) is 0 Å². The molecule has 1 amide bonds. The normalized spacial score (nSPS) is 20.8. The number of aromatic nitrogens is 1. The minimum Gasteiger partial charge on any atom is -0.361 e. The van der Waals surface area contributed by atoms with Crippen LogP contribution in [0.5, 0.6) is 0 Å². The van der Waals surface area contributed by atoms with E-state index in [0.29, 0.717) is 17.0 Å². The van der Waals surface area contributed by atoms with Crippen molar-refractivity contribution in [2.75, 3.05) is 13.1 Å². The highest BCUT2D eigenvalue weighted by atomic mass is 16.5. The van der Waals surface area contributed by atoms with Crippen molar-refractivity contribution in [3.05, 3.63) is 17.0 Å². The van der Waals surface area contributed by atoms with Gasteiger partial charge in [0, 0.05) is 12.6 Å². The number of piperidine rings is 1. The molecule has 0 aliphatic carbocycles. The van der Waals surface area contributed by atoms with Crippen molar-refractivity contribution in [2.45, 2.75) is 32.7 Å². The first kappa shape index (κ1) is 11.1. The summed E-state index contributed by atoms with van der Waals surface area (Å²) in [6.45, 7) is 5.42. The van der Waals surface area contributed by atoms with Gasteiger partial charge < -0.3 is 15.2 Å². The van der Waals surface area contributed by atoms with Crippen molar-refractivity contribution in [1.82, 2.24) is 15.8 Å². The zero-order valence-electron chi connectivity index (χ0n) is 9.67. The molecule has 1 saturated heterocycles. The monoisotopic (exact) mass is 223 g/mol. The van der Waals surface area contributed by atoms with Crippen molar-refractivity contribution >= 4 is 5.91 Å². The van der Waals surface area contributed by atoms with Crippen LogP contribution < -0.4 is 10.6 Å². The molecule has 0 spiro atoms. The fourth-order valence-corrected chi connectivity index (χ4v) is 2.04. The van der Waals surface area contributed by atoms with E-state index in [1.165, 1.54) is 0 Å². The zero-order valence-corrected chi connectivity index (χ0v) is 9.67. The molecule has 0 aromatic carbocycles. The molecule has 1 aromatic rings. The number of aryl methyl sites for hydroxylation is 2. The van der Waals surface area contributed by atoms with E-state index in [0.717, 1.165) is 25.9 Å². The molecule has 0 saturated carbocycles. The molecule has 16 heavy (non-hydrogen) atoms. The Morgan fingerprint density at radius 1 is 1.56 bits per heavy atom. The number of rotatable bonds is 2. The van der Waals surface area contributed by atoms with Crippen molar-refractivity contribution in [1.29, 1.82) is 0 Å². The molecule has 1 fully saturated rings. The lowest BCUT2D eigenvalue weighted by Gasteiger charge is -2.23. The maximum absolute atomic E-state index is 12.0. The predicted octanol–water partition coefficient (Wildman–Crippen LogP) is 0.773. The largest absolute Gasteiger partial charge is 0.361 e.